The number of hydrogen-bond acceptors (Lipinski definition) is 3. The van der Waals surface area contributed by atoms with Crippen molar-refractivity contribution in [2.45, 2.75) is 19.3 Å². The molecule has 1 aromatic rings. The Morgan fingerprint density at radius 3 is 2.94 bits per heavy atom. The number of hydrogen-bond donors (Lipinski definition) is 0. The number of ether oxygens (including phenoxy) is 1. The van der Waals surface area contributed by atoms with E-state index in [0.29, 0.717) is 19.4 Å². The molecule has 0 unspecified atom stereocenters. The number of nitrogens with zero attached hydrogens (tertiary/aromatic N) is 2. The Bertz CT molecular complexity index is 555. The van der Waals surface area contributed by atoms with Gasteiger partial charge in [0.2, 0.25) is 5.91 Å². The Morgan fingerprint density at radius 1 is 1.50 bits per heavy atom. The first-order valence-corrected chi connectivity index (χ1v) is 6.11. The molecule has 4 nitrogen and oxygen atoms in total. The standard InChI is InChI=1S/C14H14N2O2/c1-16(13(17)14(9-15)5-6-14)11-2-3-12-10(8-11)4-7-18-12/h2-3,8H,4-7H2,1H3. The van der Waals surface area contributed by atoms with Gasteiger partial charge in [0.25, 0.3) is 0 Å². The van der Waals surface area contributed by atoms with Gasteiger partial charge in [-0.2, -0.15) is 5.26 Å². The SMILES string of the molecule is CN(C(=O)C1(C#N)CC1)c1ccc2c(c1)CCO2. The zero-order valence-electron chi connectivity index (χ0n) is 10.3. The molecule has 1 aliphatic heterocycles. The van der Waals surface area contributed by atoms with Crippen LogP contribution in [0.1, 0.15) is 18.4 Å². The molecule has 1 amide bonds. The van der Waals surface area contributed by atoms with Gasteiger partial charge in [0.15, 0.2) is 0 Å². The highest BCUT2D eigenvalue weighted by Crippen LogP contribution is 2.47. The van der Waals surface area contributed by atoms with E-state index in [9.17, 15) is 4.79 Å². The fourth-order valence-corrected chi connectivity index (χ4v) is 2.32. The maximum Gasteiger partial charge on any atom is 0.247 e. The number of amides is 1. The highest BCUT2D eigenvalue weighted by molar-refractivity contribution is 6.00. The van der Waals surface area contributed by atoms with Crippen LogP contribution in [0.4, 0.5) is 5.69 Å². The number of anilines is 1. The molecule has 0 atom stereocenters. The molecule has 0 saturated heterocycles. The topological polar surface area (TPSA) is 53.3 Å². The summed E-state index contributed by atoms with van der Waals surface area (Å²) < 4.78 is 5.44. The zero-order chi connectivity index (χ0) is 12.8. The molecule has 92 valence electrons. The molecular weight excluding hydrogens is 228 g/mol. The van der Waals surface area contributed by atoms with E-state index >= 15 is 0 Å². The maximum absolute atomic E-state index is 12.2. The Hall–Kier alpha value is -2.02. The van der Waals surface area contributed by atoms with Crippen LogP contribution in [-0.4, -0.2) is 19.6 Å². The van der Waals surface area contributed by atoms with Crippen molar-refractivity contribution in [1.82, 2.24) is 0 Å². The number of carbonyl (C=O) groups excluding carboxylic acids is 1. The van der Waals surface area contributed by atoms with Crippen molar-refractivity contribution in [3.63, 3.8) is 0 Å². The van der Waals surface area contributed by atoms with Gasteiger partial charge >= 0.3 is 0 Å². The van der Waals surface area contributed by atoms with Crippen LogP contribution in [0, 0.1) is 16.7 Å². The van der Waals surface area contributed by atoms with Crippen molar-refractivity contribution < 1.29 is 9.53 Å². The molecule has 18 heavy (non-hydrogen) atoms. The van der Waals surface area contributed by atoms with Gasteiger partial charge in [0.1, 0.15) is 11.2 Å². The minimum absolute atomic E-state index is 0.0936. The Morgan fingerprint density at radius 2 is 2.28 bits per heavy atom. The minimum Gasteiger partial charge on any atom is -0.493 e. The molecule has 2 aliphatic rings. The molecule has 1 saturated carbocycles. The first-order valence-electron chi connectivity index (χ1n) is 6.11. The van der Waals surface area contributed by atoms with Crippen LogP contribution in [0.2, 0.25) is 0 Å². The predicted molar refractivity (Wildman–Crippen MR) is 66.3 cm³/mol. The third kappa shape index (κ3) is 1.55. The predicted octanol–water partition coefficient (Wildman–Crippen LogP) is 1.89. The van der Waals surface area contributed by atoms with Crippen molar-refractivity contribution in [2.24, 2.45) is 5.41 Å². The molecule has 4 heteroatoms. The lowest BCUT2D eigenvalue weighted by Gasteiger charge is -2.20. The molecule has 3 rings (SSSR count). The maximum atomic E-state index is 12.2. The van der Waals surface area contributed by atoms with E-state index < -0.39 is 5.41 Å². The summed E-state index contributed by atoms with van der Waals surface area (Å²) in [5, 5.41) is 9.06. The molecule has 0 bridgehead atoms. The second-order valence-corrected chi connectivity index (χ2v) is 4.95. The van der Waals surface area contributed by atoms with Gasteiger partial charge in [-0.15, -0.1) is 0 Å². The van der Waals surface area contributed by atoms with Crippen LogP contribution >= 0.6 is 0 Å². The van der Waals surface area contributed by atoms with Crippen LogP contribution in [0.5, 0.6) is 5.75 Å². The molecule has 1 aromatic carbocycles. The van der Waals surface area contributed by atoms with E-state index in [-0.39, 0.29) is 5.91 Å². The number of rotatable bonds is 2. The average Bonchev–Trinajstić information content (AvgIpc) is 3.07. The van der Waals surface area contributed by atoms with Crippen molar-refractivity contribution in [1.29, 1.82) is 5.26 Å². The second kappa shape index (κ2) is 3.74. The average molecular weight is 242 g/mol. The summed E-state index contributed by atoms with van der Waals surface area (Å²) in [5.41, 5.74) is 1.21. The van der Waals surface area contributed by atoms with Gasteiger partial charge < -0.3 is 9.64 Å². The Labute approximate surface area is 106 Å². The molecule has 0 radical (unpaired) electrons. The largest absolute Gasteiger partial charge is 0.493 e. The fourth-order valence-electron chi connectivity index (χ4n) is 2.32. The van der Waals surface area contributed by atoms with E-state index in [0.717, 1.165) is 23.4 Å². The number of benzene rings is 1. The van der Waals surface area contributed by atoms with Gasteiger partial charge in [-0.05, 0) is 36.6 Å². The van der Waals surface area contributed by atoms with Gasteiger partial charge in [0, 0.05) is 19.2 Å². The first-order chi connectivity index (χ1) is 8.66. The summed E-state index contributed by atoms with van der Waals surface area (Å²) in [6.45, 7) is 0.707. The smallest absolute Gasteiger partial charge is 0.247 e. The van der Waals surface area contributed by atoms with E-state index in [4.69, 9.17) is 10.00 Å². The van der Waals surface area contributed by atoms with E-state index in [1.54, 1.807) is 11.9 Å². The number of carbonyl (C=O) groups is 1. The van der Waals surface area contributed by atoms with Crippen LogP contribution < -0.4 is 9.64 Å². The Balaban J connectivity index is 1.87. The monoisotopic (exact) mass is 242 g/mol. The highest BCUT2D eigenvalue weighted by Gasteiger charge is 2.52. The summed E-state index contributed by atoms with van der Waals surface area (Å²) >= 11 is 0. The van der Waals surface area contributed by atoms with Crippen LogP contribution in [0.25, 0.3) is 0 Å². The van der Waals surface area contributed by atoms with E-state index in [1.807, 2.05) is 18.2 Å². The van der Waals surface area contributed by atoms with Crippen molar-refractivity contribution in [2.75, 3.05) is 18.6 Å². The molecule has 0 aromatic heterocycles. The highest BCUT2D eigenvalue weighted by atomic mass is 16.5. The fraction of sp³-hybridized carbons (Fsp3) is 0.429. The minimum atomic E-state index is -0.760. The van der Waals surface area contributed by atoms with E-state index in [2.05, 4.69) is 6.07 Å². The normalized spacial score (nSPS) is 18.4. The number of fused-ring (bicyclic) bond motifs is 1. The van der Waals surface area contributed by atoms with Gasteiger partial charge in [-0.1, -0.05) is 0 Å². The molecule has 1 aliphatic carbocycles. The second-order valence-electron chi connectivity index (χ2n) is 4.95. The molecule has 1 fully saturated rings. The summed E-state index contributed by atoms with van der Waals surface area (Å²) in [4.78, 5) is 13.8. The number of nitriles is 1. The van der Waals surface area contributed by atoms with Crippen LogP contribution in [0.15, 0.2) is 18.2 Å². The molecule has 0 N–H and O–H groups in total. The van der Waals surface area contributed by atoms with Crippen molar-refractivity contribution >= 4 is 11.6 Å². The summed E-state index contributed by atoms with van der Waals surface area (Å²) in [6, 6.07) is 7.89. The van der Waals surface area contributed by atoms with Gasteiger partial charge in [-0.3, -0.25) is 4.79 Å². The lowest BCUT2D eigenvalue weighted by Crippen LogP contribution is -2.33. The van der Waals surface area contributed by atoms with Crippen molar-refractivity contribution in [3.8, 4) is 11.8 Å². The zero-order valence-corrected chi connectivity index (χ0v) is 10.3. The first kappa shape index (κ1) is 11.1. The summed E-state index contributed by atoms with van der Waals surface area (Å²) in [7, 11) is 1.73. The van der Waals surface area contributed by atoms with Crippen LogP contribution in [0.3, 0.4) is 0 Å². The lowest BCUT2D eigenvalue weighted by atomic mass is 10.1. The lowest BCUT2D eigenvalue weighted by molar-refractivity contribution is -0.121. The summed E-state index contributed by atoms with van der Waals surface area (Å²) in [6.07, 6.45) is 2.25. The Kier molecular flexibility index (Phi) is 2.30. The molecule has 1 heterocycles. The third-order valence-electron chi connectivity index (χ3n) is 3.74. The van der Waals surface area contributed by atoms with E-state index in [1.165, 1.54) is 0 Å². The molecular formula is C14H14N2O2. The van der Waals surface area contributed by atoms with Crippen molar-refractivity contribution in [3.05, 3.63) is 23.8 Å². The van der Waals surface area contributed by atoms with Gasteiger partial charge in [-0.25, -0.2) is 0 Å². The quantitative estimate of drug-likeness (QED) is 0.795. The van der Waals surface area contributed by atoms with Gasteiger partial charge in [0.05, 0.1) is 12.7 Å². The molecule has 0 spiro atoms. The van der Waals surface area contributed by atoms with Crippen LogP contribution in [-0.2, 0) is 11.2 Å². The third-order valence-corrected chi connectivity index (χ3v) is 3.74. The summed E-state index contributed by atoms with van der Waals surface area (Å²) in [5.74, 6) is 0.810.